The highest BCUT2D eigenvalue weighted by Crippen LogP contribution is 2.17. The summed E-state index contributed by atoms with van der Waals surface area (Å²) in [5, 5.41) is 0.729. The van der Waals surface area contributed by atoms with Crippen LogP contribution in [0.5, 0.6) is 5.75 Å². The number of nitrogens with zero attached hydrogens (tertiary/aromatic N) is 1. The molecule has 1 aromatic carbocycles. The van der Waals surface area contributed by atoms with Gasteiger partial charge in [0.05, 0.1) is 19.2 Å². The zero-order valence-electron chi connectivity index (χ0n) is 9.34. The molecule has 0 unspecified atom stereocenters. The van der Waals surface area contributed by atoms with Gasteiger partial charge in [0, 0.05) is 12.1 Å². The molecule has 0 aliphatic carbocycles. The smallest absolute Gasteiger partial charge is 0.251 e. The van der Waals surface area contributed by atoms with Crippen LogP contribution in [-0.2, 0) is 11.3 Å². The molecule has 0 saturated carbocycles. The number of carbonyl (C=O) groups excluding carboxylic acids is 1. The summed E-state index contributed by atoms with van der Waals surface area (Å²) in [6.45, 7) is 0.00276. The molecule has 0 amide bonds. The van der Waals surface area contributed by atoms with Gasteiger partial charge in [-0.2, -0.15) is 0 Å². The topological polar surface area (TPSA) is 48.3 Å². The van der Waals surface area contributed by atoms with E-state index in [2.05, 4.69) is 0 Å². The van der Waals surface area contributed by atoms with Gasteiger partial charge in [-0.25, -0.2) is 0 Å². The van der Waals surface area contributed by atoms with Gasteiger partial charge in [-0.05, 0) is 17.5 Å². The molecule has 0 bridgehead atoms. The Balaban J connectivity index is 2.86. The molecule has 2 radical (unpaired) electrons. The average Bonchev–Trinajstić information content (AvgIpc) is 2.32. The number of hydrogen-bond donors (Lipinski definition) is 0. The summed E-state index contributed by atoms with van der Waals surface area (Å²) in [6.07, 6.45) is 0.677. The summed E-state index contributed by atoms with van der Waals surface area (Å²) in [5.74, 6) is 0.556. The van der Waals surface area contributed by atoms with Crippen molar-refractivity contribution in [3.8, 4) is 5.75 Å². The van der Waals surface area contributed by atoms with E-state index in [-0.39, 0.29) is 12.1 Å². The summed E-state index contributed by atoms with van der Waals surface area (Å²) in [5.41, 5.74) is 0.873. The molecule has 0 aliphatic rings. The minimum Gasteiger partial charge on any atom is -0.497 e. The van der Waals surface area contributed by atoms with Crippen LogP contribution in [0.4, 0.5) is 0 Å². The van der Waals surface area contributed by atoms with E-state index in [4.69, 9.17) is 12.6 Å². The van der Waals surface area contributed by atoms with Crippen LogP contribution in [0.15, 0.2) is 29.1 Å². The van der Waals surface area contributed by atoms with E-state index in [1.54, 1.807) is 18.2 Å². The van der Waals surface area contributed by atoms with Crippen molar-refractivity contribution in [2.45, 2.75) is 6.54 Å². The van der Waals surface area contributed by atoms with E-state index in [0.29, 0.717) is 23.0 Å². The quantitative estimate of drug-likeness (QED) is 0.547. The van der Waals surface area contributed by atoms with Crippen molar-refractivity contribution in [1.29, 1.82) is 0 Å². The number of rotatable bonds is 3. The number of pyridine rings is 1. The molecule has 5 heteroatoms. The van der Waals surface area contributed by atoms with E-state index in [0.717, 1.165) is 5.39 Å². The maximum Gasteiger partial charge on any atom is 0.251 e. The molecule has 1 aromatic heterocycles. The molecule has 0 N–H and O–H groups in total. The normalized spacial score (nSPS) is 10.4. The van der Waals surface area contributed by atoms with E-state index in [1.165, 1.54) is 17.7 Å². The molecule has 0 fully saturated rings. The summed E-state index contributed by atoms with van der Waals surface area (Å²) < 4.78 is 6.45. The van der Waals surface area contributed by atoms with E-state index < -0.39 is 0 Å². The Morgan fingerprint density at radius 1 is 1.41 bits per heavy atom. The summed E-state index contributed by atoms with van der Waals surface area (Å²) >= 11 is 0. The lowest BCUT2D eigenvalue weighted by atomic mass is 9.91. The van der Waals surface area contributed by atoms with Crippen LogP contribution in [0.2, 0.25) is 0 Å². The average molecular weight is 227 g/mol. The van der Waals surface area contributed by atoms with Gasteiger partial charge in [-0.15, -0.1) is 0 Å². The number of aldehydes is 1. The number of benzene rings is 1. The molecule has 0 aliphatic heterocycles. The number of aromatic nitrogens is 1. The van der Waals surface area contributed by atoms with Gasteiger partial charge in [0.15, 0.2) is 0 Å². The van der Waals surface area contributed by atoms with Gasteiger partial charge in [-0.1, -0.05) is 5.46 Å². The monoisotopic (exact) mass is 227 g/mol. The lowest BCUT2D eigenvalue weighted by Gasteiger charge is -2.11. The van der Waals surface area contributed by atoms with Gasteiger partial charge in [-0.3, -0.25) is 4.79 Å². The van der Waals surface area contributed by atoms with E-state index in [9.17, 15) is 9.59 Å². The first kappa shape index (κ1) is 11.5. The highest BCUT2D eigenvalue weighted by molar-refractivity contribution is 6.38. The first-order valence-electron chi connectivity index (χ1n) is 5.08. The summed E-state index contributed by atoms with van der Waals surface area (Å²) in [6, 6.07) is 6.41. The number of ether oxygens (including phenoxy) is 1. The van der Waals surface area contributed by atoms with Gasteiger partial charge in [0.25, 0.3) is 5.56 Å². The highest BCUT2D eigenvalue weighted by Gasteiger charge is 2.06. The zero-order valence-corrected chi connectivity index (χ0v) is 9.34. The molecule has 4 nitrogen and oxygen atoms in total. The van der Waals surface area contributed by atoms with Crippen molar-refractivity contribution in [3.05, 3.63) is 34.6 Å². The minimum absolute atomic E-state index is 0.00276. The van der Waals surface area contributed by atoms with Crippen LogP contribution in [0.25, 0.3) is 10.9 Å². The molecule has 0 saturated heterocycles. The van der Waals surface area contributed by atoms with E-state index >= 15 is 0 Å². The Morgan fingerprint density at radius 3 is 2.82 bits per heavy atom. The zero-order chi connectivity index (χ0) is 12.4. The Bertz CT molecular complexity index is 633. The van der Waals surface area contributed by atoms with Crippen molar-refractivity contribution in [2.75, 3.05) is 7.11 Å². The third-order valence-corrected chi connectivity index (χ3v) is 2.61. The molecule has 84 valence electrons. The largest absolute Gasteiger partial charge is 0.497 e. The fourth-order valence-electron chi connectivity index (χ4n) is 1.78. The molecule has 17 heavy (non-hydrogen) atoms. The van der Waals surface area contributed by atoms with Gasteiger partial charge in [0.1, 0.15) is 19.9 Å². The van der Waals surface area contributed by atoms with Crippen LogP contribution >= 0.6 is 0 Å². The second kappa shape index (κ2) is 4.45. The third-order valence-electron chi connectivity index (χ3n) is 2.61. The van der Waals surface area contributed by atoms with Crippen LogP contribution in [0.1, 0.15) is 0 Å². The van der Waals surface area contributed by atoms with Crippen molar-refractivity contribution < 1.29 is 9.53 Å². The van der Waals surface area contributed by atoms with Crippen LogP contribution in [0.3, 0.4) is 0 Å². The number of methoxy groups -OCH3 is 1. The van der Waals surface area contributed by atoms with Gasteiger partial charge < -0.3 is 14.1 Å². The molecule has 0 atom stereocenters. The van der Waals surface area contributed by atoms with Crippen molar-refractivity contribution in [2.24, 2.45) is 0 Å². The molecule has 1 heterocycles. The standard InChI is InChI=1S/C12H10BNO3/c1-17-8-6-10(13)9-2-3-12(16)14(4-5-15)11(9)7-8/h2-3,5-7H,4H2,1H3. The maximum absolute atomic E-state index is 11.7. The summed E-state index contributed by atoms with van der Waals surface area (Å²) in [7, 11) is 7.38. The molecular formula is C12H10BNO3. The van der Waals surface area contributed by atoms with Crippen LogP contribution in [0, 0.1) is 0 Å². The fourth-order valence-corrected chi connectivity index (χ4v) is 1.78. The molecular weight excluding hydrogens is 217 g/mol. The maximum atomic E-state index is 11.7. The second-order valence-electron chi connectivity index (χ2n) is 3.60. The Kier molecular flexibility index (Phi) is 3.00. The molecule has 2 rings (SSSR count). The lowest BCUT2D eigenvalue weighted by molar-refractivity contribution is -0.108. The number of fused-ring (bicyclic) bond motifs is 1. The van der Waals surface area contributed by atoms with Gasteiger partial charge in [0.2, 0.25) is 0 Å². The molecule has 2 aromatic rings. The molecule has 0 spiro atoms. The third kappa shape index (κ3) is 1.96. The predicted octanol–water partition coefficient (Wildman–Crippen LogP) is 0.00280. The van der Waals surface area contributed by atoms with Crippen molar-refractivity contribution in [3.63, 3.8) is 0 Å². The second-order valence-corrected chi connectivity index (χ2v) is 3.60. The minimum atomic E-state index is -0.239. The summed E-state index contributed by atoms with van der Waals surface area (Å²) in [4.78, 5) is 22.2. The van der Waals surface area contributed by atoms with Crippen LogP contribution < -0.4 is 15.8 Å². The Labute approximate surface area is 99.2 Å². The predicted molar refractivity (Wildman–Crippen MR) is 66.2 cm³/mol. The lowest BCUT2D eigenvalue weighted by Crippen LogP contribution is -2.22. The number of hydrogen-bond acceptors (Lipinski definition) is 3. The van der Waals surface area contributed by atoms with Gasteiger partial charge >= 0.3 is 0 Å². The van der Waals surface area contributed by atoms with Crippen molar-refractivity contribution >= 4 is 30.5 Å². The van der Waals surface area contributed by atoms with Crippen molar-refractivity contribution in [1.82, 2.24) is 4.57 Å². The number of carbonyl (C=O) groups is 1. The first-order chi connectivity index (χ1) is 8.17. The highest BCUT2D eigenvalue weighted by atomic mass is 16.5. The SMILES string of the molecule is [B]c1cc(OC)cc2c1ccc(=O)n2CC=O. The first-order valence-corrected chi connectivity index (χ1v) is 5.08. The van der Waals surface area contributed by atoms with E-state index in [1.807, 2.05) is 0 Å². The Hall–Kier alpha value is -2.04. The fraction of sp³-hybridized carbons (Fsp3) is 0.167. The Morgan fingerprint density at radius 2 is 2.18 bits per heavy atom. The van der Waals surface area contributed by atoms with Crippen LogP contribution in [-0.4, -0.2) is 25.8 Å².